The lowest BCUT2D eigenvalue weighted by molar-refractivity contribution is 0.347. The van der Waals surface area contributed by atoms with Crippen LogP contribution in [0.25, 0.3) is 5.69 Å². The molecule has 0 unspecified atom stereocenters. The van der Waals surface area contributed by atoms with Gasteiger partial charge in [0.15, 0.2) is 11.6 Å². The second-order valence-corrected chi connectivity index (χ2v) is 8.56. The molecular weight excluding hydrogens is 397 g/mol. The predicted molar refractivity (Wildman–Crippen MR) is 107 cm³/mol. The van der Waals surface area contributed by atoms with E-state index in [1.807, 2.05) is 13.0 Å². The van der Waals surface area contributed by atoms with Crippen molar-refractivity contribution in [3.05, 3.63) is 58.0 Å². The number of para-hydroxylation sites is 1. The third-order valence-corrected chi connectivity index (χ3v) is 6.64. The summed E-state index contributed by atoms with van der Waals surface area (Å²) in [5, 5.41) is 13.9. The highest BCUT2D eigenvalue weighted by molar-refractivity contribution is 6.31. The number of aryl methyl sites for hydroxylation is 1. The second-order valence-electron chi connectivity index (χ2n) is 7.70. The molecule has 0 saturated heterocycles. The minimum atomic E-state index is 0.346. The lowest BCUT2D eigenvalue weighted by Crippen LogP contribution is -2.17. The normalized spacial score (nSPS) is 22.5. The Morgan fingerprint density at radius 3 is 2.54 bits per heavy atom. The number of hydrogen-bond acceptors (Lipinski definition) is 5. The van der Waals surface area contributed by atoms with Crippen molar-refractivity contribution in [2.24, 2.45) is 0 Å². The first-order valence-corrected chi connectivity index (χ1v) is 10.4. The van der Waals surface area contributed by atoms with Gasteiger partial charge in [-0.1, -0.05) is 35.0 Å². The molecule has 1 fully saturated rings. The van der Waals surface area contributed by atoms with E-state index in [0.29, 0.717) is 35.7 Å². The number of nitrogens with zero attached hydrogens (tertiary/aromatic N) is 5. The van der Waals surface area contributed by atoms with Crippen LogP contribution in [-0.4, -0.2) is 24.3 Å². The molecule has 146 valence electrons. The highest BCUT2D eigenvalue weighted by atomic mass is 35.5. The first-order chi connectivity index (χ1) is 13.6. The number of rotatable bonds is 2. The van der Waals surface area contributed by atoms with Crippen molar-refractivity contribution < 1.29 is 4.52 Å². The molecule has 3 aromatic rings. The second kappa shape index (κ2) is 7.17. The van der Waals surface area contributed by atoms with Crippen molar-refractivity contribution in [2.45, 2.75) is 57.5 Å². The van der Waals surface area contributed by atoms with E-state index in [2.05, 4.69) is 38.1 Å². The molecule has 0 spiro atoms. The van der Waals surface area contributed by atoms with Gasteiger partial charge in [0.1, 0.15) is 16.5 Å². The molecule has 5 rings (SSSR count). The van der Waals surface area contributed by atoms with Gasteiger partial charge in [0.05, 0.1) is 12.2 Å². The zero-order chi connectivity index (χ0) is 19.3. The fraction of sp³-hybridized carbons (Fsp3) is 0.450. The summed E-state index contributed by atoms with van der Waals surface area (Å²) in [6, 6.07) is 8.36. The van der Waals surface area contributed by atoms with E-state index in [9.17, 15) is 0 Å². The minimum Gasteiger partial charge on any atom is -0.360 e. The Morgan fingerprint density at radius 2 is 1.79 bits per heavy atom. The largest absolute Gasteiger partial charge is 0.360 e. The molecule has 1 aromatic carbocycles. The van der Waals surface area contributed by atoms with Crippen LogP contribution in [0.4, 0.5) is 0 Å². The summed E-state index contributed by atoms with van der Waals surface area (Å²) < 4.78 is 9.24. The van der Waals surface area contributed by atoms with E-state index < -0.39 is 0 Å². The van der Waals surface area contributed by atoms with Crippen LogP contribution >= 0.6 is 23.4 Å². The highest BCUT2D eigenvalue weighted by Gasteiger charge is 2.32. The van der Waals surface area contributed by atoms with E-state index in [-0.39, 0.29) is 0 Å². The standard InChI is InChI=1S/C20H21Cl2N5O/c1-12-18(21)19(25-28-12)13-6-8-14(9-7-13)20-24-23-17-11-26(22)10-15-4-2-3-5-16(15)27(17)20/h2-5,13-14H,6-11H2,1H3. The molecule has 28 heavy (non-hydrogen) atoms. The summed E-state index contributed by atoms with van der Waals surface area (Å²) in [4.78, 5) is 0. The molecule has 0 radical (unpaired) electrons. The molecule has 6 nitrogen and oxygen atoms in total. The maximum absolute atomic E-state index is 6.40. The molecule has 2 aromatic heterocycles. The van der Waals surface area contributed by atoms with E-state index in [1.165, 1.54) is 5.56 Å². The topological polar surface area (TPSA) is 60.0 Å². The number of fused-ring (bicyclic) bond motifs is 3. The summed E-state index contributed by atoms with van der Waals surface area (Å²) in [6.07, 6.45) is 4.08. The molecule has 8 heteroatoms. The zero-order valence-corrected chi connectivity index (χ0v) is 17.1. The van der Waals surface area contributed by atoms with Crippen molar-refractivity contribution in [2.75, 3.05) is 0 Å². The smallest absolute Gasteiger partial charge is 0.153 e. The van der Waals surface area contributed by atoms with E-state index in [0.717, 1.165) is 48.7 Å². The lowest BCUT2D eigenvalue weighted by Gasteiger charge is -2.27. The Hall–Kier alpha value is -1.89. The molecular formula is C20H21Cl2N5O. The summed E-state index contributed by atoms with van der Waals surface area (Å²) >= 11 is 12.8. The van der Waals surface area contributed by atoms with Crippen molar-refractivity contribution in [3.8, 4) is 5.69 Å². The number of hydrogen-bond donors (Lipinski definition) is 0. The van der Waals surface area contributed by atoms with Crippen LogP contribution in [0.1, 0.15) is 66.2 Å². The Balaban J connectivity index is 1.44. The van der Waals surface area contributed by atoms with Crippen LogP contribution in [0.5, 0.6) is 0 Å². The summed E-state index contributed by atoms with van der Waals surface area (Å²) in [5.41, 5.74) is 3.23. The van der Waals surface area contributed by atoms with Crippen molar-refractivity contribution in [1.82, 2.24) is 24.3 Å². The molecule has 1 saturated carbocycles. The van der Waals surface area contributed by atoms with Crippen LogP contribution in [0, 0.1) is 6.92 Å². The molecule has 3 heterocycles. The average Bonchev–Trinajstić information content (AvgIpc) is 3.22. The van der Waals surface area contributed by atoms with Crippen molar-refractivity contribution in [1.29, 1.82) is 0 Å². The van der Waals surface area contributed by atoms with Gasteiger partial charge in [0.25, 0.3) is 0 Å². The van der Waals surface area contributed by atoms with E-state index in [1.54, 1.807) is 4.42 Å². The first kappa shape index (κ1) is 18.2. The van der Waals surface area contributed by atoms with Gasteiger partial charge >= 0.3 is 0 Å². The quantitative estimate of drug-likeness (QED) is 0.540. The number of halogens is 2. The van der Waals surface area contributed by atoms with Gasteiger partial charge in [-0.2, -0.15) is 0 Å². The monoisotopic (exact) mass is 417 g/mol. The molecule has 1 aliphatic heterocycles. The number of benzene rings is 1. The van der Waals surface area contributed by atoms with Crippen LogP contribution in [-0.2, 0) is 13.1 Å². The molecule has 0 atom stereocenters. The summed E-state index contributed by atoms with van der Waals surface area (Å²) in [6.45, 7) is 3.12. The van der Waals surface area contributed by atoms with E-state index >= 15 is 0 Å². The van der Waals surface area contributed by atoms with Crippen LogP contribution in [0.2, 0.25) is 5.02 Å². The number of aromatic nitrogens is 4. The maximum atomic E-state index is 6.40. The molecule has 2 aliphatic rings. The molecule has 0 bridgehead atoms. The van der Waals surface area contributed by atoms with Gasteiger partial charge in [0.2, 0.25) is 0 Å². The SMILES string of the molecule is Cc1onc(C2CCC(c3nnc4n3-c3ccccc3CN(Cl)C4)CC2)c1Cl. The van der Waals surface area contributed by atoms with Gasteiger partial charge in [-0.05, 0) is 56.0 Å². The van der Waals surface area contributed by atoms with Gasteiger partial charge in [0, 0.05) is 18.4 Å². The summed E-state index contributed by atoms with van der Waals surface area (Å²) in [7, 11) is 0. The Bertz CT molecular complexity index is 1010. The van der Waals surface area contributed by atoms with Crippen LogP contribution in [0.3, 0.4) is 0 Å². The fourth-order valence-electron chi connectivity index (χ4n) is 4.47. The molecule has 1 aliphatic carbocycles. The fourth-order valence-corrected chi connectivity index (χ4v) is 4.93. The Labute approximate surface area is 173 Å². The first-order valence-electron chi connectivity index (χ1n) is 9.66. The zero-order valence-electron chi connectivity index (χ0n) is 15.6. The van der Waals surface area contributed by atoms with Gasteiger partial charge in [-0.3, -0.25) is 4.57 Å². The predicted octanol–water partition coefficient (Wildman–Crippen LogP) is 5.13. The van der Waals surface area contributed by atoms with E-state index in [4.69, 9.17) is 27.9 Å². The minimum absolute atomic E-state index is 0.346. The van der Waals surface area contributed by atoms with Crippen LogP contribution < -0.4 is 0 Å². The third kappa shape index (κ3) is 3.04. The average molecular weight is 418 g/mol. The maximum Gasteiger partial charge on any atom is 0.153 e. The van der Waals surface area contributed by atoms with Crippen molar-refractivity contribution >= 4 is 23.4 Å². The lowest BCUT2D eigenvalue weighted by atomic mass is 9.80. The Kier molecular flexibility index (Phi) is 4.65. The highest BCUT2D eigenvalue weighted by Crippen LogP contribution is 2.43. The van der Waals surface area contributed by atoms with Crippen molar-refractivity contribution in [3.63, 3.8) is 0 Å². The van der Waals surface area contributed by atoms with Gasteiger partial charge in [-0.15, -0.1) is 10.2 Å². The molecule has 0 N–H and O–H groups in total. The Morgan fingerprint density at radius 1 is 1.04 bits per heavy atom. The molecule has 0 amide bonds. The summed E-state index contributed by atoms with van der Waals surface area (Å²) in [5.74, 6) is 3.34. The van der Waals surface area contributed by atoms with Crippen LogP contribution in [0.15, 0.2) is 28.8 Å². The van der Waals surface area contributed by atoms with Gasteiger partial charge in [-0.25, -0.2) is 4.42 Å². The van der Waals surface area contributed by atoms with Gasteiger partial charge < -0.3 is 4.52 Å². The third-order valence-electron chi connectivity index (χ3n) is 5.94.